The fourth-order valence-corrected chi connectivity index (χ4v) is 5.62. The van der Waals surface area contributed by atoms with Gasteiger partial charge in [-0.2, -0.15) is 0 Å². The lowest BCUT2D eigenvalue weighted by Gasteiger charge is -2.41. The molecule has 0 unspecified atom stereocenters. The molecular formula is C22H25FIN3O. The summed E-state index contributed by atoms with van der Waals surface area (Å²) in [6.07, 6.45) is 2.23. The maximum atomic E-state index is 13.0. The Balaban J connectivity index is 1.20. The van der Waals surface area contributed by atoms with Crippen molar-refractivity contribution in [2.24, 2.45) is 0 Å². The highest BCUT2D eigenvalue weighted by Crippen LogP contribution is 2.51. The Bertz CT molecular complexity index is 846. The molecule has 1 saturated heterocycles. The van der Waals surface area contributed by atoms with Crippen LogP contribution in [0.4, 0.5) is 15.8 Å². The normalized spacial score (nSPS) is 23.5. The zero-order valence-corrected chi connectivity index (χ0v) is 18.0. The maximum absolute atomic E-state index is 13.0. The van der Waals surface area contributed by atoms with Gasteiger partial charge in [0.1, 0.15) is 11.6 Å². The van der Waals surface area contributed by atoms with Gasteiger partial charge in [-0.25, -0.2) is 4.39 Å². The Morgan fingerprint density at radius 2 is 1.93 bits per heavy atom. The van der Waals surface area contributed by atoms with E-state index in [0.717, 1.165) is 44.9 Å². The summed E-state index contributed by atoms with van der Waals surface area (Å²) in [5, 5.41) is 0. The summed E-state index contributed by atoms with van der Waals surface area (Å²) in [5.41, 5.74) is 4.41. The number of likely N-dealkylation sites (tertiary alicyclic amines) is 1. The topological polar surface area (TPSA) is 19.0 Å². The van der Waals surface area contributed by atoms with Crippen molar-refractivity contribution in [2.75, 3.05) is 47.3 Å². The highest BCUT2D eigenvalue weighted by atomic mass is 127. The number of anilines is 2. The third-order valence-electron chi connectivity index (χ3n) is 6.29. The zero-order valence-electron chi connectivity index (χ0n) is 15.9. The molecule has 0 saturated carbocycles. The minimum atomic E-state index is -0.223. The van der Waals surface area contributed by atoms with Crippen LogP contribution in [0.3, 0.4) is 0 Å². The molecule has 5 rings (SSSR count). The second kappa shape index (κ2) is 7.71. The van der Waals surface area contributed by atoms with Crippen LogP contribution < -0.4 is 12.8 Å². The fourth-order valence-electron chi connectivity index (χ4n) is 5.01. The van der Waals surface area contributed by atoms with Crippen molar-refractivity contribution in [2.45, 2.75) is 24.8 Å². The van der Waals surface area contributed by atoms with Gasteiger partial charge in [0, 0.05) is 44.7 Å². The van der Waals surface area contributed by atoms with Crippen LogP contribution in [-0.2, 0) is 0 Å². The van der Waals surface area contributed by atoms with E-state index in [9.17, 15) is 4.39 Å². The van der Waals surface area contributed by atoms with Crippen molar-refractivity contribution >= 4 is 34.2 Å². The zero-order chi connectivity index (χ0) is 19.1. The number of hydrogen-bond acceptors (Lipinski definition) is 4. The van der Waals surface area contributed by atoms with Gasteiger partial charge in [-0.3, -0.25) is 0 Å². The lowest BCUT2D eigenvalue weighted by atomic mass is 9.89. The first-order chi connectivity index (χ1) is 13.7. The van der Waals surface area contributed by atoms with Crippen LogP contribution in [0.25, 0.3) is 0 Å². The summed E-state index contributed by atoms with van der Waals surface area (Å²) in [5.74, 6) is 1.14. The number of hydrogen-bond donors (Lipinski definition) is 0. The van der Waals surface area contributed by atoms with Crippen LogP contribution in [0, 0.1) is 5.82 Å². The van der Waals surface area contributed by atoms with E-state index in [-0.39, 0.29) is 5.82 Å². The highest BCUT2D eigenvalue weighted by molar-refractivity contribution is 14.1. The first-order valence-electron chi connectivity index (χ1n) is 10.1. The average molecular weight is 493 g/mol. The molecule has 3 aliphatic heterocycles. The lowest BCUT2D eigenvalue weighted by Crippen LogP contribution is -2.48. The third-order valence-corrected chi connectivity index (χ3v) is 7.30. The molecule has 4 nitrogen and oxygen atoms in total. The third kappa shape index (κ3) is 3.34. The van der Waals surface area contributed by atoms with E-state index >= 15 is 0 Å². The molecule has 0 amide bonds. The molecule has 6 heteroatoms. The van der Waals surface area contributed by atoms with Crippen molar-refractivity contribution in [1.82, 2.24) is 4.90 Å². The summed E-state index contributed by atoms with van der Waals surface area (Å²) in [6.45, 7) is 6.26. The van der Waals surface area contributed by atoms with Crippen LogP contribution >= 0.6 is 22.9 Å². The van der Waals surface area contributed by atoms with Gasteiger partial charge in [-0.05, 0) is 48.7 Å². The molecule has 28 heavy (non-hydrogen) atoms. The smallest absolute Gasteiger partial charge is 0.123 e. The standard InChI is InChI=1S/C22H25FIN3O/c23-16-5-7-17(8-6-16)28-14-2-10-25-11-9-20-19(15-25)18-3-1-4-21-22(18)26(20)12-13-27(21)24/h1,3-8,19-20H,2,9-15H2/t19-,20-/m0/s1. The first-order valence-corrected chi connectivity index (χ1v) is 11.1. The number of piperidine rings is 1. The van der Waals surface area contributed by atoms with Crippen molar-refractivity contribution in [3.8, 4) is 5.75 Å². The Morgan fingerprint density at radius 3 is 2.79 bits per heavy atom. The largest absolute Gasteiger partial charge is 0.494 e. The lowest BCUT2D eigenvalue weighted by molar-refractivity contribution is 0.178. The van der Waals surface area contributed by atoms with Crippen LogP contribution in [0.2, 0.25) is 0 Å². The molecule has 0 radical (unpaired) electrons. The number of nitrogens with zero attached hydrogens (tertiary/aromatic N) is 3. The summed E-state index contributed by atoms with van der Waals surface area (Å²) in [7, 11) is 0. The van der Waals surface area contributed by atoms with E-state index in [1.807, 2.05) is 0 Å². The molecule has 0 aromatic heterocycles. The van der Waals surface area contributed by atoms with Gasteiger partial charge in [0.25, 0.3) is 0 Å². The van der Waals surface area contributed by atoms with Gasteiger partial charge in [-0.1, -0.05) is 12.1 Å². The summed E-state index contributed by atoms with van der Waals surface area (Å²) in [4.78, 5) is 5.27. The van der Waals surface area contributed by atoms with Gasteiger partial charge >= 0.3 is 0 Å². The number of fused-ring (bicyclic) bond motifs is 3. The molecule has 3 aliphatic rings. The molecule has 2 atom stereocenters. The SMILES string of the molecule is Fc1ccc(OCCCN2CC[C@H]3[C@@H](C2)c2cccc4c2N3CCN4I)cc1. The number of rotatable bonds is 5. The minimum absolute atomic E-state index is 0.223. The van der Waals surface area contributed by atoms with Crippen LogP contribution in [0.1, 0.15) is 24.3 Å². The summed E-state index contributed by atoms with van der Waals surface area (Å²) >= 11 is 2.45. The van der Waals surface area contributed by atoms with Crippen LogP contribution in [0.15, 0.2) is 42.5 Å². The Labute approximate surface area is 179 Å². The quantitative estimate of drug-likeness (QED) is 0.348. The molecule has 148 valence electrons. The first kappa shape index (κ1) is 18.5. The molecule has 3 heterocycles. The van der Waals surface area contributed by atoms with E-state index < -0.39 is 0 Å². The maximum Gasteiger partial charge on any atom is 0.123 e. The van der Waals surface area contributed by atoms with E-state index in [4.69, 9.17) is 4.74 Å². The second-order valence-electron chi connectivity index (χ2n) is 7.91. The van der Waals surface area contributed by atoms with Crippen molar-refractivity contribution in [3.63, 3.8) is 0 Å². The van der Waals surface area contributed by atoms with Gasteiger partial charge in [-0.15, -0.1) is 0 Å². The van der Waals surface area contributed by atoms with Crippen molar-refractivity contribution in [3.05, 3.63) is 53.8 Å². The second-order valence-corrected chi connectivity index (χ2v) is 9.08. The Morgan fingerprint density at radius 1 is 1.07 bits per heavy atom. The Hall–Kier alpha value is -1.54. The van der Waals surface area contributed by atoms with Crippen LogP contribution in [0.5, 0.6) is 5.75 Å². The van der Waals surface area contributed by atoms with Gasteiger partial charge in [0.15, 0.2) is 0 Å². The van der Waals surface area contributed by atoms with Gasteiger partial charge in [0.2, 0.25) is 0 Å². The molecule has 2 aromatic carbocycles. The Kier molecular flexibility index (Phi) is 5.09. The van der Waals surface area contributed by atoms with Gasteiger partial charge < -0.3 is 17.6 Å². The number of halogens is 2. The molecule has 1 fully saturated rings. The number of ether oxygens (including phenoxy) is 1. The minimum Gasteiger partial charge on any atom is -0.494 e. The monoisotopic (exact) mass is 493 g/mol. The summed E-state index contributed by atoms with van der Waals surface area (Å²) < 4.78 is 21.1. The number of benzene rings is 2. The van der Waals surface area contributed by atoms with Crippen molar-refractivity contribution < 1.29 is 9.13 Å². The average Bonchev–Trinajstić information content (AvgIpc) is 3.04. The molecular weight excluding hydrogens is 468 g/mol. The highest BCUT2D eigenvalue weighted by Gasteiger charge is 2.44. The fraction of sp³-hybridized carbons (Fsp3) is 0.455. The summed E-state index contributed by atoms with van der Waals surface area (Å²) in [6, 6.07) is 13.8. The molecule has 0 aliphatic carbocycles. The predicted octanol–water partition coefficient (Wildman–Crippen LogP) is 4.44. The van der Waals surface area contributed by atoms with E-state index in [1.165, 1.54) is 35.5 Å². The molecule has 0 N–H and O–H groups in total. The molecule has 2 aromatic rings. The number of para-hydroxylation sites is 1. The van der Waals surface area contributed by atoms with E-state index in [2.05, 4.69) is 54.0 Å². The van der Waals surface area contributed by atoms with E-state index in [0.29, 0.717) is 18.6 Å². The van der Waals surface area contributed by atoms with E-state index in [1.54, 1.807) is 12.1 Å². The van der Waals surface area contributed by atoms with Crippen LogP contribution in [-0.4, -0.2) is 50.3 Å². The molecule has 0 spiro atoms. The van der Waals surface area contributed by atoms with Gasteiger partial charge in [0.05, 0.1) is 40.8 Å². The predicted molar refractivity (Wildman–Crippen MR) is 119 cm³/mol. The molecule has 0 bridgehead atoms. The van der Waals surface area contributed by atoms with Crippen molar-refractivity contribution in [1.29, 1.82) is 0 Å².